The molecular formula is C28H35N3O3. The van der Waals surface area contributed by atoms with E-state index in [4.69, 9.17) is 9.72 Å². The van der Waals surface area contributed by atoms with E-state index in [1.165, 1.54) is 0 Å². The lowest BCUT2D eigenvalue weighted by atomic mass is 10.1. The highest BCUT2D eigenvalue weighted by molar-refractivity contribution is 5.82. The smallest absolute Gasteiger partial charge is 0.266 e. The molecule has 0 aliphatic heterocycles. The number of carbonyl (C=O) groups excluding carboxylic acids is 1. The van der Waals surface area contributed by atoms with Crippen molar-refractivity contribution < 1.29 is 9.53 Å². The van der Waals surface area contributed by atoms with Crippen LogP contribution in [0.4, 0.5) is 0 Å². The van der Waals surface area contributed by atoms with E-state index in [1.54, 1.807) is 17.7 Å². The molecule has 0 N–H and O–H groups in total. The number of carbonyl (C=O) groups is 1. The molecule has 1 amide bonds. The Morgan fingerprint density at radius 1 is 1.09 bits per heavy atom. The van der Waals surface area contributed by atoms with Gasteiger partial charge in [0.15, 0.2) is 0 Å². The fourth-order valence-corrected chi connectivity index (χ4v) is 4.66. The molecule has 0 saturated heterocycles. The minimum Gasteiger partial charge on any atom is -0.495 e. The number of para-hydroxylation sites is 3. The molecule has 0 bridgehead atoms. The zero-order valence-electron chi connectivity index (χ0n) is 20.5. The number of ether oxygens (including phenoxy) is 1. The van der Waals surface area contributed by atoms with Crippen molar-refractivity contribution in [3.05, 3.63) is 64.7 Å². The van der Waals surface area contributed by atoms with Crippen LogP contribution in [0, 0.1) is 5.92 Å². The van der Waals surface area contributed by atoms with Crippen LogP contribution >= 0.6 is 0 Å². The maximum atomic E-state index is 13.8. The molecular weight excluding hydrogens is 426 g/mol. The molecule has 1 fully saturated rings. The van der Waals surface area contributed by atoms with Crippen molar-refractivity contribution in [2.24, 2.45) is 5.92 Å². The molecule has 4 rings (SSSR count). The summed E-state index contributed by atoms with van der Waals surface area (Å²) < 4.78 is 7.28. The summed E-state index contributed by atoms with van der Waals surface area (Å²) in [6, 6.07) is 14.6. The molecule has 1 aliphatic rings. The van der Waals surface area contributed by atoms with Crippen LogP contribution in [-0.2, 0) is 4.79 Å². The lowest BCUT2D eigenvalue weighted by Gasteiger charge is -2.33. The first-order valence-corrected chi connectivity index (χ1v) is 12.6. The van der Waals surface area contributed by atoms with Gasteiger partial charge in [-0.15, -0.1) is 0 Å². The number of hydrogen-bond donors (Lipinski definition) is 0. The van der Waals surface area contributed by atoms with E-state index < -0.39 is 0 Å². The molecule has 3 aromatic rings. The van der Waals surface area contributed by atoms with Crippen molar-refractivity contribution in [3.8, 4) is 11.4 Å². The Balaban J connectivity index is 1.89. The number of nitrogens with zero attached hydrogens (tertiary/aromatic N) is 3. The zero-order chi connectivity index (χ0) is 24.1. The minimum atomic E-state index is -0.294. The standard InChI is InChI=1S/C28H35N3O3/c1-4-6-7-12-19-30(27(32)20-17-18-20)23(5-2)26-29-22-14-9-8-13-21(22)28(33)31(26)24-15-10-11-16-25(24)34-3/h8-11,13-16,20,23H,4-7,12,17-19H2,1-3H3. The lowest BCUT2D eigenvalue weighted by molar-refractivity contribution is -0.135. The molecule has 1 saturated carbocycles. The molecule has 34 heavy (non-hydrogen) atoms. The van der Waals surface area contributed by atoms with Crippen LogP contribution in [0.2, 0.25) is 0 Å². The number of unbranched alkanes of at least 4 members (excludes halogenated alkanes) is 3. The summed E-state index contributed by atoms with van der Waals surface area (Å²) >= 11 is 0. The van der Waals surface area contributed by atoms with Crippen molar-refractivity contribution in [3.63, 3.8) is 0 Å². The fourth-order valence-electron chi connectivity index (χ4n) is 4.66. The number of hydrogen-bond acceptors (Lipinski definition) is 4. The molecule has 6 nitrogen and oxygen atoms in total. The van der Waals surface area contributed by atoms with Gasteiger partial charge in [-0.25, -0.2) is 4.98 Å². The molecule has 1 heterocycles. The summed E-state index contributed by atoms with van der Waals surface area (Å²) in [7, 11) is 1.60. The largest absolute Gasteiger partial charge is 0.495 e. The van der Waals surface area contributed by atoms with Crippen LogP contribution < -0.4 is 10.3 Å². The SMILES string of the molecule is CCCCCCN(C(=O)C1CC1)C(CC)c1nc2ccccc2c(=O)n1-c1ccccc1OC. The third-order valence-electron chi connectivity index (χ3n) is 6.65. The summed E-state index contributed by atoms with van der Waals surface area (Å²) in [4.78, 5) is 34.3. The van der Waals surface area contributed by atoms with Gasteiger partial charge in [-0.2, -0.15) is 0 Å². The van der Waals surface area contributed by atoms with Crippen molar-refractivity contribution in [2.45, 2.75) is 64.8 Å². The van der Waals surface area contributed by atoms with Gasteiger partial charge in [-0.3, -0.25) is 14.2 Å². The second kappa shape index (κ2) is 10.9. The normalized spacial score (nSPS) is 14.2. The maximum absolute atomic E-state index is 13.8. The number of rotatable bonds is 11. The van der Waals surface area contributed by atoms with Gasteiger partial charge >= 0.3 is 0 Å². The molecule has 1 aliphatic carbocycles. The summed E-state index contributed by atoms with van der Waals surface area (Å²) in [5, 5.41) is 0.551. The molecule has 1 aromatic heterocycles. The molecule has 0 radical (unpaired) electrons. The summed E-state index contributed by atoms with van der Waals surface area (Å²) in [5.41, 5.74) is 1.15. The Morgan fingerprint density at radius 3 is 2.53 bits per heavy atom. The number of aromatic nitrogens is 2. The van der Waals surface area contributed by atoms with Gasteiger partial charge in [-0.1, -0.05) is 57.4 Å². The summed E-state index contributed by atoms with van der Waals surface area (Å²) in [5.74, 6) is 1.49. The number of fused-ring (bicyclic) bond motifs is 1. The molecule has 6 heteroatoms. The highest BCUT2D eigenvalue weighted by Crippen LogP contribution is 2.36. The van der Waals surface area contributed by atoms with Gasteiger partial charge in [0.25, 0.3) is 5.56 Å². The van der Waals surface area contributed by atoms with E-state index in [0.29, 0.717) is 41.1 Å². The second-order valence-electron chi connectivity index (χ2n) is 9.09. The monoisotopic (exact) mass is 461 g/mol. The number of amides is 1. The van der Waals surface area contributed by atoms with E-state index in [1.807, 2.05) is 47.4 Å². The van der Waals surface area contributed by atoms with Crippen molar-refractivity contribution in [1.82, 2.24) is 14.5 Å². The second-order valence-corrected chi connectivity index (χ2v) is 9.09. The highest BCUT2D eigenvalue weighted by Gasteiger charge is 2.37. The third-order valence-corrected chi connectivity index (χ3v) is 6.65. The molecule has 1 unspecified atom stereocenters. The third kappa shape index (κ3) is 4.86. The topological polar surface area (TPSA) is 64.4 Å². The first-order chi connectivity index (χ1) is 16.6. The van der Waals surface area contributed by atoms with Crippen molar-refractivity contribution in [1.29, 1.82) is 0 Å². The van der Waals surface area contributed by atoms with E-state index in [-0.39, 0.29) is 23.4 Å². The van der Waals surface area contributed by atoms with E-state index in [9.17, 15) is 9.59 Å². The van der Waals surface area contributed by atoms with Crippen molar-refractivity contribution >= 4 is 16.8 Å². The average molecular weight is 462 g/mol. The van der Waals surface area contributed by atoms with Crippen LogP contribution in [0.5, 0.6) is 5.75 Å². The molecule has 180 valence electrons. The Kier molecular flexibility index (Phi) is 7.66. The number of methoxy groups -OCH3 is 1. The van der Waals surface area contributed by atoms with Gasteiger partial charge in [0.1, 0.15) is 11.6 Å². The van der Waals surface area contributed by atoms with E-state index in [0.717, 1.165) is 38.5 Å². The predicted molar refractivity (Wildman–Crippen MR) is 136 cm³/mol. The van der Waals surface area contributed by atoms with Gasteiger partial charge in [0.2, 0.25) is 5.91 Å². The summed E-state index contributed by atoms with van der Waals surface area (Å²) in [6.07, 6.45) is 6.92. The Morgan fingerprint density at radius 2 is 1.82 bits per heavy atom. The van der Waals surface area contributed by atoms with Crippen LogP contribution in [0.3, 0.4) is 0 Å². The minimum absolute atomic E-state index is 0.104. The van der Waals surface area contributed by atoms with Crippen LogP contribution in [0.15, 0.2) is 53.3 Å². The van der Waals surface area contributed by atoms with Crippen LogP contribution in [-0.4, -0.2) is 34.0 Å². The Labute approximate surface area is 201 Å². The van der Waals surface area contributed by atoms with Crippen molar-refractivity contribution in [2.75, 3.05) is 13.7 Å². The van der Waals surface area contributed by atoms with E-state index >= 15 is 0 Å². The van der Waals surface area contributed by atoms with E-state index in [2.05, 4.69) is 13.8 Å². The molecule has 2 aromatic carbocycles. The number of benzene rings is 2. The Hall–Kier alpha value is -3.15. The quantitative estimate of drug-likeness (QED) is 0.345. The van der Waals surface area contributed by atoms with Gasteiger partial charge < -0.3 is 9.64 Å². The molecule has 1 atom stereocenters. The predicted octanol–water partition coefficient (Wildman–Crippen LogP) is 5.66. The fraction of sp³-hybridized carbons (Fsp3) is 0.464. The molecule has 0 spiro atoms. The highest BCUT2D eigenvalue weighted by atomic mass is 16.5. The van der Waals surface area contributed by atoms with Crippen LogP contribution in [0.1, 0.15) is 70.7 Å². The van der Waals surface area contributed by atoms with Gasteiger partial charge in [-0.05, 0) is 49.9 Å². The Bertz CT molecular complexity index is 1200. The van der Waals surface area contributed by atoms with Gasteiger partial charge in [0.05, 0.1) is 29.7 Å². The average Bonchev–Trinajstić information content (AvgIpc) is 3.71. The zero-order valence-corrected chi connectivity index (χ0v) is 20.5. The van der Waals surface area contributed by atoms with Gasteiger partial charge in [0, 0.05) is 12.5 Å². The summed E-state index contributed by atoms with van der Waals surface area (Å²) in [6.45, 7) is 4.94. The first-order valence-electron chi connectivity index (χ1n) is 12.6. The lowest BCUT2D eigenvalue weighted by Crippen LogP contribution is -2.40. The maximum Gasteiger partial charge on any atom is 0.266 e. The van der Waals surface area contributed by atoms with Crippen LogP contribution in [0.25, 0.3) is 16.6 Å². The first kappa shape index (κ1) is 24.0.